The Bertz CT molecular complexity index is 1310. The standard InChI is InChI=1S/C17H27F2NO.C12H17NO3S.C5H4O3/c1-2-3-4-5-6-7-8-9-14-20-15-10-12-16(13-11-15)21-17(18)19;1-16-11-5-7-12(8-6-11)17(14,15)13-9-3-2-4-10-13;6-5(7)4-1-2-8-3-4/h10-13,17,20H,2-9,14H2,1H3;5-8H,2-4,9-10H2,1H3;1-3H,(H,6,7). The van der Waals surface area contributed by atoms with Crippen LogP contribution in [-0.4, -0.2) is 57.2 Å². The maximum Gasteiger partial charge on any atom is 0.387 e. The first-order valence-electron chi connectivity index (χ1n) is 15.9. The van der Waals surface area contributed by atoms with Crippen molar-refractivity contribution < 1.29 is 41.0 Å². The lowest BCUT2D eigenvalue weighted by molar-refractivity contribution is -0.0498. The highest BCUT2D eigenvalue weighted by atomic mass is 32.2. The number of nitrogens with one attached hydrogen (secondary N) is 1. The van der Waals surface area contributed by atoms with Crippen LogP contribution in [-0.2, 0) is 10.0 Å². The van der Waals surface area contributed by atoms with Gasteiger partial charge < -0.3 is 24.3 Å². The summed E-state index contributed by atoms with van der Waals surface area (Å²) in [4.78, 5) is 10.3. The number of hydrogen-bond acceptors (Lipinski definition) is 7. The third kappa shape index (κ3) is 15.1. The van der Waals surface area contributed by atoms with E-state index in [9.17, 15) is 22.0 Å². The largest absolute Gasteiger partial charge is 0.497 e. The fraction of sp³-hybridized carbons (Fsp3) is 0.500. The summed E-state index contributed by atoms with van der Waals surface area (Å²) in [6.07, 6.45) is 15.9. The van der Waals surface area contributed by atoms with Gasteiger partial charge in [0, 0.05) is 25.3 Å². The van der Waals surface area contributed by atoms with Crippen LogP contribution in [0.1, 0.15) is 87.9 Å². The molecular formula is C34H48F2N2O7S. The lowest BCUT2D eigenvalue weighted by Crippen LogP contribution is -2.35. The summed E-state index contributed by atoms with van der Waals surface area (Å²) in [5, 5.41) is 11.5. The molecule has 0 atom stereocenters. The summed E-state index contributed by atoms with van der Waals surface area (Å²) in [5.74, 6) is -0.0935. The molecule has 1 saturated heterocycles. The van der Waals surface area contributed by atoms with Gasteiger partial charge in [0.2, 0.25) is 10.0 Å². The van der Waals surface area contributed by atoms with E-state index in [0.717, 1.165) is 37.9 Å². The van der Waals surface area contributed by atoms with Gasteiger partial charge in [0.15, 0.2) is 0 Å². The van der Waals surface area contributed by atoms with E-state index in [1.54, 1.807) is 59.9 Å². The molecule has 12 heteroatoms. The molecule has 2 aromatic carbocycles. The van der Waals surface area contributed by atoms with Crippen molar-refractivity contribution in [2.45, 2.75) is 89.1 Å². The second-order valence-electron chi connectivity index (χ2n) is 10.8. The monoisotopic (exact) mass is 666 g/mol. The number of anilines is 1. The zero-order valence-corrected chi connectivity index (χ0v) is 27.7. The van der Waals surface area contributed by atoms with Crippen LogP contribution in [0.2, 0.25) is 0 Å². The van der Waals surface area contributed by atoms with Crippen LogP contribution in [0, 0.1) is 0 Å². The molecular weight excluding hydrogens is 618 g/mol. The minimum absolute atomic E-state index is 0.185. The topological polar surface area (TPSA) is 118 Å². The number of hydrogen-bond donors (Lipinski definition) is 2. The molecule has 46 heavy (non-hydrogen) atoms. The number of carbonyl (C=O) groups is 1. The fourth-order valence-electron chi connectivity index (χ4n) is 4.63. The average Bonchev–Trinajstić information content (AvgIpc) is 3.62. The summed E-state index contributed by atoms with van der Waals surface area (Å²) in [5.41, 5.74) is 1.13. The highest BCUT2D eigenvalue weighted by Crippen LogP contribution is 2.22. The molecule has 1 aliphatic rings. The quantitative estimate of drug-likeness (QED) is 0.146. The van der Waals surface area contributed by atoms with Gasteiger partial charge in [0.25, 0.3) is 0 Å². The maximum absolute atomic E-state index is 12.3. The molecule has 0 bridgehead atoms. The zero-order valence-electron chi connectivity index (χ0n) is 26.8. The maximum atomic E-state index is 12.3. The highest BCUT2D eigenvalue weighted by Gasteiger charge is 2.25. The van der Waals surface area contributed by atoms with Gasteiger partial charge >= 0.3 is 12.6 Å². The van der Waals surface area contributed by atoms with Gasteiger partial charge in [-0.3, -0.25) is 0 Å². The molecule has 4 rings (SSSR count). The first kappa shape index (κ1) is 38.5. The molecule has 3 aromatic rings. The molecule has 256 valence electrons. The molecule has 0 saturated carbocycles. The molecule has 2 N–H and O–H groups in total. The molecule has 0 aliphatic carbocycles. The molecule has 0 amide bonds. The Morgan fingerprint density at radius 3 is 1.98 bits per heavy atom. The Balaban J connectivity index is 0.000000262. The predicted molar refractivity (Wildman–Crippen MR) is 175 cm³/mol. The smallest absolute Gasteiger partial charge is 0.387 e. The third-order valence-corrected chi connectivity index (χ3v) is 9.13. The Labute approximate surface area is 271 Å². The number of carboxylic acids is 1. The number of rotatable bonds is 16. The van der Waals surface area contributed by atoms with Gasteiger partial charge in [0.1, 0.15) is 17.8 Å². The number of ether oxygens (including phenoxy) is 2. The van der Waals surface area contributed by atoms with Crippen molar-refractivity contribution in [1.82, 2.24) is 4.31 Å². The second kappa shape index (κ2) is 22.0. The molecule has 9 nitrogen and oxygen atoms in total. The summed E-state index contributed by atoms with van der Waals surface area (Å²) >= 11 is 0. The lowest BCUT2D eigenvalue weighted by atomic mass is 10.1. The van der Waals surface area contributed by atoms with Gasteiger partial charge in [-0.05, 0) is 73.9 Å². The van der Waals surface area contributed by atoms with Crippen LogP contribution in [0.3, 0.4) is 0 Å². The number of halogens is 2. The molecule has 0 spiro atoms. The number of alkyl halides is 2. The van der Waals surface area contributed by atoms with Crippen molar-refractivity contribution in [2.24, 2.45) is 0 Å². The lowest BCUT2D eigenvalue weighted by Gasteiger charge is -2.25. The summed E-state index contributed by atoms with van der Waals surface area (Å²) in [6.45, 7) is 1.66. The zero-order chi connectivity index (χ0) is 33.6. The molecule has 1 fully saturated rings. The Morgan fingerprint density at radius 2 is 1.48 bits per heavy atom. The number of aromatic carboxylic acids is 1. The predicted octanol–water partition coefficient (Wildman–Crippen LogP) is 8.69. The number of nitrogens with zero attached hydrogens (tertiary/aromatic N) is 1. The van der Waals surface area contributed by atoms with E-state index in [1.807, 2.05) is 0 Å². The first-order chi connectivity index (χ1) is 22.2. The van der Waals surface area contributed by atoms with E-state index < -0.39 is 22.6 Å². The minimum atomic E-state index is -3.31. The van der Waals surface area contributed by atoms with Crippen LogP contribution >= 0.6 is 0 Å². The summed E-state index contributed by atoms with van der Waals surface area (Å²) in [7, 11) is -1.75. The number of unbranched alkanes of at least 4 members (excludes halogenated alkanes) is 7. The number of furan rings is 1. The van der Waals surface area contributed by atoms with Gasteiger partial charge in [-0.25, -0.2) is 13.2 Å². The van der Waals surface area contributed by atoms with Gasteiger partial charge in [-0.1, -0.05) is 58.3 Å². The summed E-state index contributed by atoms with van der Waals surface area (Å²) < 4.78 is 63.9. The van der Waals surface area contributed by atoms with E-state index in [2.05, 4.69) is 21.4 Å². The van der Waals surface area contributed by atoms with Crippen LogP contribution in [0.4, 0.5) is 14.5 Å². The van der Waals surface area contributed by atoms with Gasteiger partial charge in [-0.2, -0.15) is 13.1 Å². The van der Waals surface area contributed by atoms with E-state index >= 15 is 0 Å². The fourth-order valence-corrected chi connectivity index (χ4v) is 6.15. The third-order valence-electron chi connectivity index (χ3n) is 7.22. The SMILES string of the molecule is CCCCCCCCCCNc1ccc(OC(F)F)cc1.COc1ccc(S(=O)(=O)N2CCCCC2)cc1.O=C(O)c1ccoc1. The number of methoxy groups -OCH3 is 1. The number of benzene rings is 2. The van der Waals surface area contributed by atoms with Crippen molar-refractivity contribution in [3.05, 3.63) is 72.7 Å². The molecule has 2 heterocycles. The summed E-state index contributed by atoms with van der Waals surface area (Å²) in [6, 6.07) is 14.6. The van der Waals surface area contributed by atoms with Crippen molar-refractivity contribution in [2.75, 3.05) is 32.1 Å². The molecule has 1 aromatic heterocycles. The average molecular weight is 667 g/mol. The highest BCUT2D eigenvalue weighted by molar-refractivity contribution is 7.89. The van der Waals surface area contributed by atoms with Crippen LogP contribution < -0.4 is 14.8 Å². The normalized spacial score (nSPS) is 13.2. The number of piperidine rings is 1. The Hall–Kier alpha value is -3.64. The molecule has 0 unspecified atom stereocenters. The first-order valence-corrected chi connectivity index (χ1v) is 17.3. The second-order valence-corrected chi connectivity index (χ2v) is 12.7. The van der Waals surface area contributed by atoms with E-state index in [-0.39, 0.29) is 11.3 Å². The Kier molecular flexibility index (Phi) is 18.4. The molecule has 0 radical (unpaired) electrons. The van der Waals surface area contributed by atoms with Gasteiger partial charge in [-0.15, -0.1) is 0 Å². The number of sulfonamides is 1. The van der Waals surface area contributed by atoms with E-state index in [4.69, 9.17) is 9.84 Å². The molecule has 1 aliphatic heterocycles. The van der Waals surface area contributed by atoms with Crippen LogP contribution in [0.5, 0.6) is 11.5 Å². The van der Waals surface area contributed by atoms with Crippen molar-refractivity contribution in [1.29, 1.82) is 0 Å². The minimum Gasteiger partial charge on any atom is -0.497 e. The van der Waals surface area contributed by atoms with Crippen molar-refractivity contribution in [3.63, 3.8) is 0 Å². The van der Waals surface area contributed by atoms with E-state index in [0.29, 0.717) is 23.7 Å². The number of carboxylic acid groups (broad SMARTS) is 1. The van der Waals surface area contributed by atoms with E-state index in [1.165, 1.54) is 63.5 Å². The van der Waals surface area contributed by atoms with Crippen molar-refractivity contribution >= 4 is 21.7 Å². The van der Waals surface area contributed by atoms with Crippen molar-refractivity contribution in [3.8, 4) is 11.5 Å². The Morgan fingerprint density at radius 1 is 0.891 bits per heavy atom. The van der Waals surface area contributed by atoms with Gasteiger partial charge in [0.05, 0.1) is 23.8 Å². The van der Waals surface area contributed by atoms with Crippen LogP contribution in [0.25, 0.3) is 0 Å². The van der Waals surface area contributed by atoms with Crippen LogP contribution in [0.15, 0.2) is 76.4 Å².